The second-order valence-corrected chi connectivity index (χ2v) is 5.60. The van der Waals surface area contributed by atoms with Gasteiger partial charge < -0.3 is 0 Å². The van der Waals surface area contributed by atoms with Gasteiger partial charge in [-0.1, -0.05) is 40.3 Å². The van der Waals surface area contributed by atoms with Crippen molar-refractivity contribution in [2.75, 3.05) is 0 Å². The lowest BCUT2D eigenvalue weighted by Crippen LogP contribution is -1.85. The summed E-state index contributed by atoms with van der Waals surface area (Å²) in [6, 6.07) is 5.93. The number of hydrogen-bond acceptors (Lipinski definition) is 4. The van der Waals surface area contributed by atoms with Gasteiger partial charge in [-0.25, -0.2) is 0 Å². The van der Waals surface area contributed by atoms with E-state index in [9.17, 15) is 0 Å². The molecule has 2 rings (SSSR count). The summed E-state index contributed by atoms with van der Waals surface area (Å²) in [5, 5.41) is 10.2. The molecule has 0 saturated carbocycles. The topological polar surface area (TPSA) is 38.7 Å². The third kappa shape index (κ3) is 2.47. The summed E-state index contributed by atoms with van der Waals surface area (Å²) in [5.74, 6) is 0. The lowest BCUT2D eigenvalue weighted by Gasteiger charge is -1.98. The molecule has 0 aliphatic carbocycles. The molecule has 1 unspecified atom stereocenters. The smallest absolute Gasteiger partial charge is 0.166 e. The van der Waals surface area contributed by atoms with Crippen LogP contribution in [0, 0.1) is 6.92 Å². The average molecular weight is 298 g/mol. The first-order chi connectivity index (χ1) is 7.70. The van der Waals surface area contributed by atoms with E-state index in [2.05, 4.69) is 38.0 Å². The van der Waals surface area contributed by atoms with Gasteiger partial charge in [-0.05, 0) is 25.5 Å². The minimum Gasteiger partial charge on any atom is -0.251 e. The quantitative estimate of drug-likeness (QED) is 0.810. The van der Waals surface area contributed by atoms with Gasteiger partial charge in [-0.15, -0.1) is 10.2 Å². The van der Waals surface area contributed by atoms with Crippen molar-refractivity contribution in [3.05, 3.63) is 28.9 Å². The van der Waals surface area contributed by atoms with E-state index in [1.807, 2.05) is 25.1 Å². The van der Waals surface area contributed by atoms with E-state index in [0.29, 0.717) is 4.83 Å². The molecule has 0 aliphatic rings. The van der Waals surface area contributed by atoms with E-state index < -0.39 is 0 Å². The highest BCUT2D eigenvalue weighted by molar-refractivity contribution is 9.09. The number of hydrogen-bond donors (Lipinski definition) is 0. The summed E-state index contributed by atoms with van der Waals surface area (Å²) in [4.78, 5) is 4.73. The first kappa shape index (κ1) is 11.7. The van der Waals surface area contributed by atoms with Crippen LogP contribution in [0.15, 0.2) is 18.2 Å². The Bertz CT molecular complexity index is 484. The predicted molar refractivity (Wildman–Crippen MR) is 69.8 cm³/mol. The highest BCUT2D eigenvalue weighted by atomic mass is 79.9. The van der Waals surface area contributed by atoms with Crippen LogP contribution in [0.3, 0.4) is 0 Å². The maximum absolute atomic E-state index is 4.43. The Morgan fingerprint density at radius 2 is 2.19 bits per heavy atom. The molecule has 0 bridgehead atoms. The van der Waals surface area contributed by atoms with Crippen molar-refractivity contribution < 1.29 is 0 Å². The molecule has 2 heterocycles. The molecule has 3 nitrogen and oxygen atoms in total. The standard InChI is InChI=1S/C11H12BrN3S/c1-3-8(12)10-14-15-11(16-10)9-6-4-5-7(2)13-9/h4-6,8H,3H2,1-2H3. The Morgan fingerprint density at radius 1 is 1.38 bits per heavy atom. The largest absolute Gasteiger partial charge is 0.251 e. The Hall–Kier alpha value is -0.810. The second kappa shape index (κ2) is 5.01. The fraction of sp³-hybridized carbons (Fsp3) is 0.364. The van der Waals surface area contributed by atoms with Crippen molar-refractivity contribution >= 4 is 27.3 Å². The fourth-order valence-corrected chi connectivity index (χ4v) is 2.55. The van der Waals surface area contributed by atoms with E-state index in [4.69, 9.17) is 0 Å². The van der Waals surface area contributed by atoms with Gasteiger partial charge in [-0.2, -0.15) is 0 Å². The summed E-state index contributed by atoms with van der Waals surface area (Å²) >= 11 is 5.17. The minimum atomic E-state index is 0.295. The van der Waals surface area contributed by atoms with E-state index >= 15 is 0 Å². The van der Waals surface area contributed by atoms with E-state index in [1.54, 1.807) is 11.3 Å². The van der Waals surface area contributed by atoms with Gasteiger partial charge in [0.1, 0.15) is 10.7 Å². The van der Waals surface area contributed by atoms with Crippen molar-refractivity contribution in [1.29, 1.82) is 0 Å². The highest BCUT2D eigenvalue weighted by Crippen LogP contribution is 2.31. The van der Waals surface area contributed by atoms with E-state index in [-0.39, 0.29) is 0 Å². The molecule has 0 saturated heterocycles. The highest BCUT2D eigenvalue weighted by Gasteiger charge is 2.13. The van der Waals surface area contributed by atoms with Gasteiger partial charge in [0, 0.05) is 5.69 Å². The van der Waals surface area contributed by atoms with Gasteiger partial charge in [0.05, 0.1) is 4.83 Å². The third-order valence-corrected chi connectivity index (χ3v) is 4.62. The third-order valence-electron chi connectivity index (χ3n) is 2.17. The molecule has 2 aromatic heterocycles. The second-order valence-electron chi connectivity index (χ2n) is 3.49. The summed E-state index contributed by atoms with van der Waals surface area (Å²) in [5.41, 5.74) is 1.90. The lowest BCUT2D eigenvalue weighted by atomic mass is 10.3. The number of rotatable bonds is 3. The number of nitrogens with zero attached hydrogens (tertiary/aromatic N) is 3. The Labute approximate surface area is 107 Å². The van der Waals surface area contributed by atoms with Crippen LogP contribution in [0.25, 0.3) is 10.7 Å². The van der Waals surface area contributed by atoms with E-state index in [1.165, 1.54) is 0 Å². The predicted octanol–water partition coefficient (Wildman–Crippen LogP) is 3.75. The molecule has 0 aromatic carbocycles. The molecular weight excluding hydrogens is 286 g/mol. The molecule has 1 atom stereocenters. The Balaban J connectivity index is 2.31. The first-order valence-corrected chi connectivity index (χ1v) is 6.85. The molecule has 84 valence electrons. The molecular formula is C11H12BrN3S. The van der Waals surface area contributed by atoms with Crippen molar-refractivity contribution in [2.45, 2.75) is 25.1 Å². The number of halogens is 1. The van der Waals surface area contributed by atoms with Gasteiger partial charge in [-0.3, -0.25) is 4.98 Å². The normalized spacial score (nSPS) is 12.7. The Kier molecular flexibility index (Phi) is 3.66. The van der Waals surface area contributed by atoms with Crippen molar-refractivity contribution in [3.8, 4) is 10.7 Å². The van der Waals surface area contributed by atoms with Crippen LogP contribution >= 0.6 is 27.3 Å². The SMILES string of the molecule is CCC(Br)c1nnc(-c2cccc(C)n2)s1. The van der Waals surface area contributed by atoms with Crippen LogP contribution in [0.4, 0.5) is 0 Å². The zero-order valence-corrected chi connectivity index (χ0v) is 11.5. The van der Waals surface area contributed by atoms with Crippen LogP contribution < -0.4 is 0 Å². The minimum absolute atomic E-state index is 0.295. The summed E-state index contributed by atoms with van der Waals surface area (Å²) in [7, 11) is 0. The molecule has 0 N–H and O–H groups in total. The number of pyridine rings is 1. The van der Waals surface area contributed by atoms with Crippen LogP contribution in [-0.4, -0.2) is 15.2 Å². The maximum Gasteiger partial charge on any atom is 0.166 e. The van der Waals surface area contributed by atoms with Crippen molar-refractivity contribution in [1.82, 2.24) is 15.2 Å². The summed E-state index contributed by atoms with van der Waals surface area (Å²) in [6.07, 6.45) is 1.01. The molecule has 0 aliphatic heterocycles. The van der Waals surface area contributed by atoms with Crippen molar-refractivity contribution in [3.63, 3.8) is 0 Å². The van der Waals surface area contributed by atoms with Crippen molar-refractivity contribution in [2.24, 2.45) is 0 Å². The van der Waals surface area contributed by atoms with Crippen LogP contribution in [-0.2, 0) is 0 Å². The maximum atomic E-state index is 4.43. The zero-order valence-electron chi connectivity index (χ0n) is 9.14. The Morgan fingerprint density at radius 3 is 2.88 bits per heavy atom. The van der Waals surface area contributed by atoms with Crippen LogP contribution in [0.5, 0.6) is 0 Å². The number of aryl methyl sites for hydroxylation is 1. The van der Waals surface area contributed by atoms with Gasteiger partial charge in [0.2, 0.25) is 0 Å². The molecule has 16 heavy (non-hydrogen) atoms. The van der Waals surface area contributed by atoms with Crippen LogP contribution in [0.1, 0.15) is 28.9 Å². The molecule has 2 aromatic rings. The van der Waals surface area contributed by atoms with Gasteiger partial charge >= 0.3 is 0 Å². The zero-order chi connectivity index (χ0) is 11.5. The first-order valence-electron chi connectivity index (χ1n) is 5.12. The van der Waals surface area contributed by atoms with Crippen LogP contribution in [0.2, 0.25) is 0 Å². The summed E-state index contributed by atoms with van der Waals surface area (Å²) in [6.45, 7) is 4.09. The number of aromatic nitrogens is 3. The molecule has 0 spiro atoms. The lowest BCUT2D eigenvalue weighted by molar-refractivity contribution is 0.870. The van der Waals surface area contributed by atoms with Gasteiger partial charge in [0.25, 0.3) is 0 Å². The molecule has 0 amide bonds. The molecule has 0 radical (unpaired) electrons. The number of alkyl halides is 1. The molecule has 5 heteroatoms. The average Bonchev–Trinajstić information content (AvgIpc) is 2.77. The van der Waals surface area contributed by atoms with E-state index in [0.717, 1.165) is 27.8 Å². The fourth-order valence-electron chi connectivity index (χ4n) is 1.30. The van der Waals surface area contributed by atoms with Gasteiger partial charge in [0.15, 0.2) is 5.01 Å². The molecule has 0 fully saturated rings. The monoisotopic (exact) mass is 297 g/mol. The summed E-state index contributed by atoms with van der Waals surface area (Å²) < 4.78 is 0.